The van der Waals surface area contributed by atoms with Gasteiger partial charge in [-0.15, -0.1) is 11.6 Å². The molecule has 0 aliphatic rings. The van der Waals surface area contributed by atoms with Gasteiger partial charge in [0.25, 0.3) is 5.91 Å². The Kier molecular flexibility index (Phi) is 7.15. The second-order valence-corrected chi connectivity index (χ2v) is 4.54. The Hall–Kier alpha value is -1.39. The van der Waals surface area contributed by atoms with Crippen LogP contribution in [-0.2, 0) is 4.79 Å². The fourth-order valence-electron chi connectivity index (χ4n) is 1.73. The van der Waals surface area contributed by atoms with Crippen LogP contribution in [0, 0.1) is 0 Å². The van der Waals surface area contributed by atoms with Gasteiger partial charge in [0.05, 0.1) is 11.9 Å². The van der Waals surface area contributed by atoms with Crippen molar-refractivity contribution >= 4 is 23.3 Å². The molecule has 0 bridgehead atoms. The molecule has 3 N–H and O–H groups in total. The Bertz CT molecular complexity index is 409. The molecule has 0 saturated carbocycles. The molecule has 19 heavy (non-hydrogen) atoms. The highest BCUT2D eigenvalue weighted by molar-refractivity contribution is 6.28. The summed E-state index contributed by atoms with van der Waals surface area (Å²) in [7, 11) is 0. The van der Waals surface area contributed by atoms with Gasteiger partial charge in [0.2, 0.25) is 0 Å². The van der Waals surface area contributed by atoms with E-state index in [0.717, 1.165) is 12.8 Å². The van der Waals surface area contributed by atoms with Gasteiger partial charge in [-0.3, -0.25) is 9.59 Å². The number of alkyl halides is 1. The molecule has 0 aromatic heterocycles. The minimum atomic E-state index is -0.531. The Balaban J connectivity index is 2.61. The fraction of sp³-hybridized carbons (Fsp3) is 0.429. The molecule has 4 nitrogen and oxygen atoms in total. The standard InChI is InChI=1S/C14H19ClN2O2/c15-10-13(18)12(8-4-5-9-16)17-14(19)11-6-2-1-3-7-11/h1-3,6-7,12H,4-5,8-10,16H2,(H,17,19)/t12-/m0/s1. The minimum Gasteiger partial charge on any atom is -0.342 e. The molecule has 0 spiro atoms. The minimum absolute atomic E-state index is 0.0949. The maximum Gasteiger partial charge on any atom is 0.251 e. The Morgan fingerprint density at radius 3 is 2.47 bits per heavy atom. The van der Waals surface area contributed by atoms with Crippen LogP contribution < -0.4 is 11.1 Å². The highest BCUT2D eigenvalue weighted by atomic mass is 35.5. The molecule has 5 heteroatoms. The molecule has 0 unspecified atom stereocenters. The zero-order valence-electron chi connectivity index (χ0n) is 10.8. The van der Waals surface area contributed by atoms with Gasteiger partial charge >= 0.3 is 0 Å². The second-order valence-electron chi connectivity index (χ2n) is 4.28. The first-order valence-electron chi connectivity index (χ1n) is 6.33. The van der Waals surface area contributed by atoms with E-state index >= 15 is 0 Å². The summed E-state index contributed by atoms with van der Waals surface area (Å²) in [6, 6.07) is 8.27. The third-order valence-electron chi connectivity index (χ3n) is 2.81. The number of rotatable bonds is 8. The molecule has 0 fully saturated rings. The third kappa shape index (κ3) is 5.41. The van der Waals surface area contributed by atoms with E-state index in [1.807, 2.05) is 6.07 Å². The molecular weight excluding hydrogens is 264 g/mol. The van der Waals surface area contributed by atoms with Crippen LogP contribution in [0.2, 0.25) is 0 Å². The summed E-state index contributed by atoms with van der Waals surface area (Å²) in [4.78, 5) is 23.7. The number of ketones is 1. The van der Waals surface area contributed by atoms with E-state index in [1.165, 1.54) is 0 Å². The number of unbranched alkanes of at least 4 members (excludes halogenated alkanes) is 1. The van der Waals surface area contributed by atoms with Crippen molar-refractivity contribution in [2.75, 3.05) is 12.4 Å². The lowest BCUT2D eigenvalue weighted by atomic mass is 10.1. The number of hydrogen-bond acceptors (Lipinski definition) is 3. The second kappa shape index (κ2) is 8.67. The Morgan fingerprint density at radius 1 is 1.21 bits per heavy atom. The van der Waals surface area contributed by atoms with Gasteiger partial charge in [-0.1, -0.05) is 18.2 Å². The fourth-order valence-corrected chi connectivity index (χ4v) is 1.92. The van der Waals surface area contributed by atoms with Crippen molar-refractivity contribution < 1.29 is 9.59 Å². The molecule has 0 aliphatic heterocycles. The first kappa shape index (κ1) is 15.7. The van der Waals surface area contributed by atoms with Gasteiger partial charge in [0.15, 0.2) is 5.78 Å². The number of nitrogens with two attached hydrogens (primary N) is 1. The first-order chi connectivity index (χ1) is 9.19. The molecule has 104 valence electrons. The van der Waals surface area contributed by atoms with Crippen LogP contribution in [0.4, 0.5) is 0 Å². The van der Waals surface area contributed by atoms with Gasteiger partial charge in [-0.05, 0) is 37.9 Å². The highest BCUT2D eigenvalue weighted by Gasteiger charge is 2.19. The van der Waals surface area contributed by atoms with Crippen molar-refractivity contribution in [1.82, 2.24) is 5.32 Å². The van der Waals surface area contributed by atoms with Crippen LogP contribution in [0.1, 0.15) is 29.6 Å². The van der Waals surface area contributed by atoms with Gasteiger partial charge < -0.3 is 11.1 Å². The molecule has 1 aromatic rings. The van der Waals surface area contributed by atoms with Crippen LogP contribution in [0.15, 0.2) is 30.3 Å². The average Bonchev–Trinajstić information content (AvgIpc) is 2.46. The van der Waals surface area contributed by atoms with E-state index in [9.17, 15) is 9.59 Å². The highest BCUT2D eigenvalue weighted by Crippen LogP contribution is 2.05. The largest absolute Gasteiger partial charge is 0.342 e. The number of hydrogen-bond donors (Lipinski definition) is 2. The number of amides is 1. The van der Waals surface area contributed by atoms with Crippen LogP contribution in [0.5, 0.6) is 0 Å². The Labute approximate surface area is 118 Å². The maximum atomic E-state index is 12.0. The number of carbonyl (C=O) groups excluding carboxylic acids is 2. The van der Waals surface area contributed by atoms with Crippen LogP contribution in [0.25, 0.3) is 0 Å². The van der Waals surface area contributed by atoms with Crippen molar-refractivity contribution in [3.8, 4) is 0 Å². The van der Waals surface area contributed by atoms with Crippen molar-refractivity contribution in [3.63, 3.8) is 0 Å². The van der Waals surface area contributed by atoms with Crippen molar-refractivity contribution in [1.29, 1.82) is 0 Å². The number of benzene rings is 1. The van der Waals surface area contributed by atoms with E-state index in [2.05, 4.69) is 5.32 Å². The smallest absolute Gasteiger partial charge is 0.251 e. The third-order valence-corrected chi connectivity index (χ3v) is 3.07. The number of halogens is 1. The normalized spacial score (nSPS) is 11.9. The number of carbonyl (C=O) groups is 2. The SMILES string of the molecule is NCCCC[C@H](NC(=O)c1ccccc1)C(=O)CCl. The maximum absolute atomic E-state index is 12.0. The number of Topliss-reactive ketones (excluding diaryl/α,β-unsaturated/α-hetero) is 1. The van der Waals surface area contributed by atoms with Crippen molar-refractivity contribution in [3.05, 3.63) is 35.9 Å². The molecule has 1 atom stereocenters. The van der Waals surface area contributed by atoms with Gasteiger partial charge in [-0.2, -0.15) is 0 Å². The van der Waals surface area contributed by atoms with E-state index in [4.69, 9.17) is 17.3 Å². The Morgan fingerprint density at radius 2 is 1.89 bits per heavy atom. The predicted molar refractivity (Wildman–Crippen MR) is 76.3 cm³/mol. The molecule has 1 amide bonds. The lowest BCUT2D eigenvalue weighted by Crippen LogP contribution is -2.41. The zero-order chi connectivity index (χ0) is 14.1. The summed E-state index contributed by atoms with van der Waals surface area (Å²) >= 11 is 5.56. The number of nitrogens with one attached hydrogen (secondary N) is 1. The summed E-state index contributed by atoms with van der Waals surface area (Å²) in [5.74, 6) is -0.512. The molecule has 0 aliphatic carbocycles. The van der Waals surface area contributed by atoms with Crippen LogP contribution >= 0.6 is 11.6 Å². The molecule has 0 heterocycles. The quantitative estimate of drug-likeness (QED) is 0.563. The lowest BCUT2D eigenvalue weighted by Gasteiger charge is -2.16. The molecule has 1 aromatic carbocycles. The van der Waals surface area contributed by atoms with E-state index in [-0.39, 0.29) is 17.6 Å². The monoisotopic (exact) mass is 282 g/mol. The van der Waals surface area contributed by atoms with E-state index in [0.29, 0.717) is 18.5 Å². The zero-order valence-corrected chi connectivity index (χ0v) is 11.5. The van der Waals surface area contributed by atoms with Crippen molar-refractivity contribution in [2.24, 2.45) is 5.73 Å². The van der Waals surface area contributed by atoms with E-state index in [1.54, 1.807) is 24.3 Å². The van der Waals surface area contributed by atoms with Crippen molar-refractivity contribution in [2.45, 2.75) is 25.3 Å². The predicted octanol–water partition coefficient (Wildman–Crippen LogP) is 1.72. The summed E-state index contributed by atoms with van der Waals surface area (Å²) in [6.07, 6.45) is 2.19. The average molecular weight is 283 g/mol. The summed E-state index contributed by atoms with van der Waals surface area (Å²) in [5, 5.41) is 2.73. The molecule has 0 radical (unpaired) electrons. The summed E-state index contributed by atoms with van der Waals surface area (Å²) in [6.45, 7) is 0.578. The van der Waals surface area contributed by atoms with Crippen LogP contribution in [-0.4, -0.2) is 30.2 Å². The van der Waals surface area contributed by atoms with Gasteiger partial charge in [-0.25, -0.2) is 0 Å². The van der Waals surface area contributed by atoms with Gasteiger partial charge in [0.1, 0.15) is 0 Å². The summed E-state index contributed by atoms with van der Waals surface area (Å²) < 4.78 is 0. The van der Waals surface area contributed by atoms with E-state index < -0.39 is 6.04 Å². The topological polar surface area (TPSA) is 72.2 Å². The molecular formula is C14H19ClN2O2. The van der Waals surface area contributed by atoms with Gasteiger partial charge in [0, 0.05) is 5.56 Å². The summed E-state index contributed by atoms with van der Waals surface area (Å²) in [5.41, 5.74) is 5.95. The molecule has 0 saturated heterocycles. The first-order valence-corrected chi connectivity index (χ1v) is 6.87. The van der Waals surface area contributed by atoms with Crippen LogP contribution in [0.3, 0.4) is 0 Å². The lowest BCUT2D eigenvalue weighted by molar-refractivity contribution is -0.118. The molecule has 1 rings (SSSR count).